The molecule has 1 aliphatic carbocycles. The number of carbonyl (C=O) groups excluding carboxylic acids is 1. The van der Waals surface area contributed by atoms with Crippen LogP contribution in [0.3, 0.4) is 0 Å². The van der Waals surface area contributed by atoms with Gasteiger partial charge in [0.15, 0.2) is 0 Å². The van der Waals surface area contributed by atoms with Crippen molar-refractivity contribution in [1.82, 2.24) is 15.2 Å². The number of aromatic nitrogens is 3. The predicted molar refractivity (Wildman–Crippen MR) is 103 cm³/mol. The minimum Gasteiger partial charge on any atom is -0.474 e. The summed E-state index contributed by atoms with van der Waals surface area (Å²) in [6.45, 7) is 0. The van der Waals surface area contributed by atoms with E-state index in [0.717, 1.165) is 25.7 Å². The summed E-state index contributed by atoms with van der Waals surface area (Å²) in [6.07, 6.45) is 4.76. The molecule has 8 nitrogen and oxygen atoms in total. The van der Waals surface area contributed by atoms with Crippen LogP contribution in [0.15, 0.2) is 47.0 Å². The van der Waals surface area contributed by atoms with Crippen molar-refractivity contribution in [3.05, 3.63) is 54.0 Å². The number of pyridine rings is 1. The summed E-state index contributed by atoms with van der Waals surface area (Å²) < 4.78 is 24.6. The van der Waals surface area contributed by atoms with Crippen molar-refractivity contribution in [3.63, 3.8) is 0 Å². The topological polar surface area (TPSA) is 116 Å². The number of hydrogen-bond acceptors (Lipinski definition) is 7. The third-order valence-corrected chi connectivity index (χ3v) is 4.83. The van der Waals surface area contributed by atoms with Gasteiger partial charge >= 0.3 is 6.01 Å². The van der Waals surface area contributed by atoms with E-state index in [4.69, 9.17) is 14.9 Å². The zero-order valence-electron chi connectivity index (χ0n) is 15.5. The van der Waals surface area contributed by atoms with Crippen LogP contribution in [0.25, 0.3) is 11.5 Å². The van der Waals surface area contributed by atoms with Crippen LogP contribution in [-0.4, -0.2) is 33.2 Å². The summed E-state index contributed by atoms with van der Waals surface area (Å²) in [5.41, 5.74) is 6.31. The number of ether oxygens (including phenoxy) is 1. The number of nitrogens with one attached hydrogen (secondary N) is 1. The Hall–Kier alpha value is -3.49. The number of benzene rings is 1. The highest BCUT2D eigenvalue weighted by Crippen LogP contribution is 2.27. The molecule has 0 aliphatic heterocycles. The smallest absolute Gasteiger partial charge is 0.315 e. The molecule has 2 heterocycles. The summed E-state index contributed by atoms with van der Waals surface area (Å²) >= 11 is 0. The molecule has 1 aliphatic rings. The fourth-order valence-corrected chi connectivity index (χ4v) is 3.32. The molecule has 1 fully saturated rings. The van der Waals surface area contributed by atoms with E-state index in [1.165, 1.54) is 12.1 Å². The van der Waals surface area contributed by atoms with E-state index in [1.54, 1.807) is 30.5 Å². The molecule has 1 saturated carbocycles. The minimum absolute atomic E-state index is 0.0430. The van der Waals surface area contributed by atoms with Crippen LogP contribution in [-0.2, 0) is 0 Å². The Bertz CT molecular complexity index is 984. The maximum absolute atomic E-state index is 13.0. The zero-order chi connectivity index (χ0) is 20.2. The number of carbonyl (C=O) groups is 1. The van der Waals surface area contributed by atoms with Gasteiger partial charge in [-0.2, -0.15) is 0 Å². The third kappa shape index (κ3) is 4.50. The second kappa shape index (κ2) is 8.26. The van der Waals surface area contributed by atoms with Crippen molar-refractivity contribution in [2.75, 3.05) is 5.32 Å². The summed E-state index contributed by atoms with van der Waals surface area (Å²) in [5, 5.41) is 11.2. The number of primary amides is 1. The molecule has 0 unspecified atom stereocenters. The van der Waals surface area contributed by atoms with Gasteiger partial charge in [-0.25, -0.2) is 9.37 Å². The van der Waals surface area contributed by atoms with Crippen molar-refractivity contribution < 1.29 is 18.3 Å². The van der Waals surface area contributed by atoms with E-state index in [-0.39, 0.29) is 29.4 Å². The molecule has 0 spiro atoms. The highest BCUT2D eigenvalue weighted by atomic mass is 19.1. The van der Waals surface area contributed by atoms with E-state index >= 15 is 0 Å². The van der Waals surface area contributed by atoms with Crippen molar-refractivity contribution in [2.45, 2.75) is 37.8 Å². The van der Waals surface area contributed by atoms with Crippen LogP contribution in [0.2, 0.25) is 0 Å². The highest BCUT2D eigenvalue weighted by Gasteiger charge is 2.25. The van der Waals surface area contributed by atoms with Gasteiger partial charge in [0, 0.05) is 17.8 Å². The largest absolute Gasteiger partial charge is 0.474 e. The second-order valence-corrected chi connectivity index (χ2v) is 6.88. The minimum atomic E-state index is -0.559. The SMILES string of the molecule is NC(=O)c1cccnc1O[C@H]1CC[C@H](Nc2nnc(-c3ccc(F)cc3)o2)CC1. The van der Waals surface area contributed by atoms with E-state index in [9.17, 15) is 9.18 Å². The number of anilines is 1. The van der Waals surface area contributed by atoms with Crippen LogP contribution in [0.4, 0.5) is 10.4 Å². The monoisotopic (exact) mass is 397 g/mol. The van der Waals surface area contributed by atoms with Crippen molar-refractivity contribution in [1.29, 1.82) is 0 Å². The van der Waals surface area contributed by atoms with E-state index in [1.807, 2.05) is 0 Å². The first-order chi connectivity index (χ1) is 14.1. The lowest BCUT2D eigenvalue weighted by Crippen LogP contribution is -2.32. The fourth-order valence-electron chi connectivity index (χ4n) is 3.32. The van der Waals surface area contributed by atoms with Crippen LogP contribution >= 0.6 is 0 Å². The molecule has 1 amide bonds. The average molecular weight is 397 g/mol. The van der Waals surface area contributed by atoms with Crippen molar-refractivity contribution >= 4 is 11.9 Å². The van der Waals surface area contributed by atoms with Crippen LogP contribution in [0, 0.1) is 5.82 Å². The molecule has 2 aromatic heterocycles. The molecule has 0 saturated heterocycles. The summed E-state index contributed by atoms with van der Waals surface area (Å²) in [7, 11) is 0. The lowest BCUT2D eigenvalue weighted by atomic mass is 9.93. The standard InChI is InChI=1S/C20H20FN5O3/c21-13-5-3-12(4-6-13)18-25-26-20(29-18)24-14-7-9-15(10-8-14)28-19-16(17(22)27)2-1-11-23-19/h1-6,11,14-15H,7-10H2,(H2,22,27)(H,24,26)/t14-,15-. The maximum Gasteiger partial charge on any atom is 0.315 e. The Kier molecular flexibility index (Phi) is 5.37. The van der Waals surface area contributed by atoms with Gasteiger partial charge in [0.1, 0.15) is 17.5 Å². The Balaban J connectivity index is 1.32. The summed E-state index contributed by atoms with van der Waals surface area (Å²) in [4.78, 5) is 15.6. The molecule has 0 atom stereocenters. The molecular formula is C20H20FN5O3. The fraction of sp³-hybridized carbons (Fsp3) is 0.300. The molecule has 29 heavy (non-hydrogen) atoms. The molecule has 150 valence electrons. The van der Waals surface area contributed by atoms with Crippen molar-refractivity contribution in [3.8, 4) is 17.3 Å². The zero-order valence-corrected chi connectivity index (χ0v) is 15.5. The molecular weight excluding hydrogens is 377 g/mol. The van der Waals surface area contributed by atoms with E-state index in [0.29, 0.717) is 17.5 Å². The van der Waals surface area contributed by atoms with Gasteiger partial charge in [0.05, 0.1) is 0 Å². The number of rotatable bonds is 6. The van der Waals surface area contributed by atoms with Gasteiger partial charge in [-0.3, -0.25) is 4.79 Å². The summed E-state index contributed by atoms with van der Waals surface area (Å²) in [6, 6.07) is 9.62. The van der Waals surface area contributed by atoms with Crippen molar-refractivity contribution in [2.24, 2.45) is 5.73 Å². The van der Waals surface area contributed by atoms with Gasteiger partial charge in [-0.15, -0.1) is 5.10 Å². The van der Waals surface area contributed by atoms with Gasteiger partial charge in [-0.1, -0.05) is 5.10 Å². The molecule has 4 rings (SSSR count). The first-order valence-electron chi connectivity index (χ1n) is 9.36. The number of hydrogen-bond donors (Lipinski definition) is 2. The normalized spacial score (nSPS) is 18.9. The Morgan fingerprint density at radius 3 is 2.62 bits per heavy atom. The predicted octanol–water partition coefficient (Wildman–Crippen LogP) is 3.17. The van der Waals surface area contributed by atoms with Crippen LogP contribution in [0.1, 0.15) is 36.0 Å². The lowest BCUT2D eigenvalue weighted by molar-refractivity contribution is 0.0983. The van der Waals surface area contributed by atoms with Gasteiger partial charge < -0.3 is 20.2 Å². The van der Waals surface area contributed by atoms with E-state index in [2.05, 4.69) is 20.5 Å². The average Bonchev–Trinajstić information content (AvgIpc) is 3.19. The van der Waals surface area contributed by atoms with Gasteiger partial charge in [0.2, 0.25) is 11.8 Å². The van der Waals surface area contributed by atoms with Gasteiger partial charge in [0.25, 0.3) is 5.91 Å². The Labute approximate surface area is 166 Å². The number of halogens is 1. The molecule has 0 bridgehead atoms. The van der Waals surface area contributed by atoms with Crippen LogP contribution < -0.4 is 15.8 Å². The van der Waals surface area contributed by atoms with Gasteiger partial charge in [-0.05, 0) is 62.1 Å². The Morgan fingerprint density at radius 1 is 1.14 bits per heavy atom. The highest BCUT2D eigenvalue weighted by molar-refractivity contribution is 5.94. The summed E-state index contributed by atoms with van der Waals surface area (Å²) in [5.74, 6) is -0.271. The third-order valence-electron chi connectivity index (χ3n) is 4.83. The maximum atomic E-state index is 13.0. The quantitative estimate of drug-likeness (QED) is 0.656. The lowest BCUT2D eigenvalue weighted by Gasteiger charge is -2.28. The number of amides is 1. The molecule has 3 N–H and O–H groups in total. The number of nitrogens with zero attached hydrogens (tertiary/aromatic N) is 3. The number of nitrogens with two attached hydrogens (primary N) is 1. The van der Waals surface area contributed by atoms with Crippen LogP contribution in [0.5, 0.6) is 5.88 Å². The molecule has 0 radical (unpaired) electrons. The molecule has 3 aromatic rings. The van der Waals surface area contributed by atoms with E-state index < -0.39 is 5.91 Å². The molecule has 9 heteroatoms. The second-order valence-electron chi connectivity index (χ2n) is 6.88. The molecule has 1 aromatic carbocycles. The Morgan fingerprint density at radius 2 is 1.90 bits per heavy atom. The first kappa shape index (κ1) is 18.9. The first-order valence-corrected chi connectivity index (χ1v) is 9.36.